The van der Waals surface area contributed by atoms with Crippen LogP contribution in [0.2, 0.25) is 10.0 Å². The number of nitrogens with zero attached hydrogens (tertiary/aromatic N) is 2. The van der Waals surface area contributed by atoms with E-state index >= 15 is 0 Å². The van der Waals surface area contributed by atoms with Gasteiger partial charge in [0.2, 0.25) is 0 Å². The Morgan fingerprint density at radius 2 is 1.88 bits per heavy atom. The maximum atomic E-state index is 8.52. The number of hydrogen-bond donors (Lipinski definition) is 1. The summed E-state index contributed by atoms with van der Waals surface area (Å²) in [7, 11) is 0. The molecule has 0 spiro atoms. The number of rotatable bonds is 2. The molecule has 0 fully saturated rings. The van der Waals surface area contributed by atoms with Crippen LogP contribution in [0.5, 0.6) is 0 Å². The van der Waals surface area contributed by atoms with Crippen molar-refractivity contribution in [3.8, 4) is 12.1 Å². The van der Waals surface area contributed by atoms with Gasteiger partial charge in [-0.25, -0.2) is 0 Å². The van der Waals surface area contributed by atoms with Crippen molar-refractivity contribution in [2.24, 2.45) is 0 Å². The van der Waals surface area contributed by atoms with E-state index < -0.39 is 0 Å². The lowest BCUT2D eigenvalue weighted by Gasteiger charge is -2.06. The molecule has 1 aromatic carbocycles. The molecule has 80 valence electrons. The van der Waals surface area contributed by atoms with E-state index in [0.29, 0.717) is 20.2 Å². The van der Waals surface area contributed by atoms with Crippen molar-refractivity contribution in [1.29, 1.82) is 10.5 Å². The fourth-order valence-electron chi connectivity index (χ4n) is 0.877. The molecular weight excluding hydrogens is 313 g/mol. The van der Waals surface area contributed by atoms with E-state index in [1.54, 1.807) is 24.3 Å². The molecule has 1 N–H and O–H groups in total. The Hall–Kier alpha value is -1.20. The van der Waals surface area contributed by atoms with Crippen LogP contribution in [0.25, 0.3) is 0 Å². The normalized spacial score (nSPS) is 8.81. The highest BCUT2D eigenvalue weighted by Crippen LogP contribution is 2.35. The van der Waals surface area contributed by atoms with E-state index in [4.69, 9.17) is 33.7 Å². The summed E-state index contributed by atoms with van der Waals surface area (Å²) in [6.07, 6.45) is 1.27. The van der Waals surface area contributed by atoms with E-state index in [2.05, 4.69) is 21.2 Å². The smallest absolute Gasteiger partial charge is 0.145 e. The largest absolute Gasteiger partial charge is 0.359 e. The molecule has 0 unspecified atom stereocenters. The summed E-state index contributed by atoms with van der Waals surface area (Å²) < 4.78 is 0.675. The predicted molar refractivity (Wildman–Crippen MR) is 67.1 cm³/mol. The molecule has 0 amide bonds. The van der Waals surface area contributed by atoms with Gasteiger partial charge in [0.1, 0.15) is 17.7 Å². The second-order valence-corrected chi connectivity index (χ2v) is 4.26. The van der Waals surface area contributed by atoms with Crippen LogP contribution in [0.3, 0.4) is 0 Å². The van der Waals surface area contributed by atoms with Crippen LogP contribution in [-0.4, -0.2) is 0 Å². The molecule has 0 radical (unpaired) electrons. The van der Waals surface area contributed by atoms with Crippen molar-refractivity contribution in [3.63, 3.8) is 0 Å². The van der Waals surface area contributed by atoms with Gasteiger partial charge in [0, 0.05) is 10.7 Å². The monoisotopic (exact) mass is 315 g/mol. The molecule has 6 heteroatoms. The van der Waals surface area contributed by atoms with Crippen molar-refractivity contribution in [1.82, 2.24) is 0 Å². The molecule has 0 saturated carbocycles. The second kappa shape index (κ2) is 5.77. The highest BCUT2D eigenvalue weighted by molar-refractivity contribution is 9.10. The van der Waals surface area contributed by atoms with Crippen molar-refractivity contribution in [2.75, 3.05) is 5.32 Å². The topological polar surface area (TPSA) is 59.6 Å². The standard InChI is InChI=1S/C10H4BrCl2N3/c11-7-1-2-8(10(13)9(7)12)16-5-6(3-14)4-15/h1-2,5,16H. The zero-order valence-corrected chi connectivity index (χ0v) is 10.9. The third-order valence-electron chi connectivity index (χ3n) is 1.65. The average Bonchev–Trinajstić information content (AvgIpc) is 2.30. The average molecular weight is 317 g/mol. The highest BCUT2D eigenvalue weighted by Gasteiger charge is 2.07. The van der Waals surface area contributed by atoms with Crippen LogP contribution in [0.15, 0.2) is 28.4 Å². The van der Waals surface area contributed by atoms with E-state index in [-0.39, 0.29) is 5.57 Å². The van der Waals surface area contributed by atoms with Crippen LogP contribution in [0.4, 0.5) is 5.69 Å². The molecule has 0 aliphatic heterocycles. The van der Waals surface area contributed by atoms with Crippen LogP contribution in [0, 0.1) is 22.7 Å². The Balaban J connectivity index is 3.02. The van der Waals surface area contributed by atoms with Gasteiger partial charge in [-0.3, -0.25) is 0 Å². The highest BCUT2D eigenvalue weighted by atomic mass is 79.9. The van der Waals surface area contributed by atoms with Gasteiger partial charge in [-0.05, 0) is 28.1 Å². The van der Waals surface area contributed by atoms with E-state index in [1.807, 2.05) is 0 Å². The number of allylic oxidation sites excluding steroid dienone is 1. The molecule has 0 aliphatic rings. The summed E-state index contributed by atoms with van der Waals surface area (Å²) in [6.45, 7) is 0. The molecule has 0 heterocycles. The molecule has 16 heavy (non-hydrogen) atoms. The first-order valence-electron chi connectivity index (χ1n) is 4.00. The predicted octanol–water partition coefficient (Wildman–Crippen LogP) is 4.10. The van der Waals surface area contributed by atoms with Crippen molar-refractivity contribution < 1.29 is 0 Å². The number of hydrogen-bond acceptors (Lipinski definition) is 3. The number of anilines is 1. The molecule has 3 nitrogen and oxygen atoms in total. The fraction of sp³-hybridized carbons (Fsp3) is 0. The molecule has 1 aromatic rings. The minimum atomic E-state index is -0.0462. The maximum absolute atomic E-state index is 8.52. The van der Waals surface area contributed by atoms with Crippen LogP contribution < -0.4 is 5.32 Å². The van der Waals surface area contributed by atoms with Crippen molar-refractivity contribution >= 4 is 44.8 Å². The van der Waals surface area contributed by atoms with E-state index in [1.165, 1.54) is 6.20 Å². The summed E-state index contributed by atoms with van der Waals surface area (Å²) in [5.74, 6) is 0. The quantitative estimate of drug-likeness (QED) is 0.660. The summed E-state index contributed by atoms with van der Waals surface area (Å²) in [4.78, 5) is 0. The number of nitriles is 2. The Morgan fingerprint density at radius 3 is 2.44 bits per heavy atom. The molecule has 0 saturated heterocycles. The first-order chi connectivity index (χ1) is 7.60. The Kier molecular flexibility index (Phi) is 4.64. The van der Waals surface area contributed by atoms with Crippen LogP contribution in [-0.2, 0) is 0 Å². The van der Waals surface area contributed by atoms with Gasteiger partial charge in [0.05, 0.1) is 15.7 Å². The van der Waals surface area contributed by atoms with Crippen molar-refractivity contribution in [3.05, 3.63) is 38.4 Å². The number of nitrogens with one attached hydrogen (secondary N) is 1. The maximum Gasteiger partial charge on any atom is 0.145 e. The van der Waals surface area contributed by atoms with Crippen LogP contribution in [0.1, 0.15) is 0 Å². The minimum absolute atomic E-state index is 0.0462. The Bertz CT molecular complexity index is 510. The third-order valence-corrected chi connectivity index (χ3v) is 3.42. The zero-order valence-electron chi connectivity index (χ0n) is 7.76. The van der Waals surface area contributed by atoms with E-state index in [9.17, 15) is 0 Å². The lowest BCUT2D eigenvalue weighted by molar-refractivity contribution is 1.44. The molecule has 0 aliphatic carbocycles. The van der Waals surface area contributed by atoms with Gasteiger partial charge in [-0.2, -0.15) is 10.5 Å². The summed E-state index contributed by atoms with van der Waals surface area (Å²) in [5, 5.41) is 20.5. The van der Waals surface area contributed by atoms with Crippen LogP contribution >= 0.6 is 39.1 Å². The first-order valence-corrected chi connectivity index (χ1v) is 5.55. The first kappa shape index (κ1) is 12.9. The molecule has 1 rings (SSSR count). The molecule has 0 bridgehead atoms. The van der Waals surface area contributed by atoms with Gasteiger partial charge in [-0.1, -0.05) is 23.2 Å². The van der Waals surface area contributed by atoms with Gasteiger partial charge in [0.25, 0.3) is 0 Å². The molecular formula is C10H4BrCl2N3. The minimum Gasteiger partial charge on any atom is -0.359 e. The number of halogens is 3. The van der Waals surface area contributed by atoms with E-state index in [0.717, 1.165) is 0 Å². The molecule has 0 aromatic heterocycles. The van der Waals surface area contributed by atoms with Gasteiger partial charge >= 0.3 is 0 Å². The summed E-state index contributed by atoms with van der Waals surface area (Å²) in [5.41, 5.74) is 0.480. The van der Waals surface area contributed by atoms with Gasteiger partial charge in [-0.15, -0.1) is 0 Å². The summed E-state index contributed by atoms with van der Waals surface area (Å²) in [6, 6.07) is 6.83. The second-order valence-electron chi connectivity index (χ2n) is 2.65. The third kappa shape index (κ3) is 2.90. The Labute approximate surface area is 111 Å². The zero-order chi connectivity index (χ0) is 12.1. The van der Waals surface area contributed by atoms with Gasteiger partial charge < -0.3 is 5.32 Å². The molecule has 0 atom stereocenters. The Morgan fingerprint density at radius 1 is 1.25 bits per heavy atom. The SMILES string of the molecule is N#CC(C#N)=CNc1ccc(Br)c(Cl)c1Cl. The lowest BCUT2D eigenvalue weighted by Crippen LogP contribution is -1.91. The summed E-state index contributed by atoms with van der Waals surface area (Å²) >= 11 is 15.1. The fourth-order valence-corrected chi connectivity index (χ4v) is 1.71. The van der Waals surface area contributed by atoms with Crippen molar-refractivity contribution in [2.45, 2.75) is 0 Å². The lowest BCUT2D eigenvalue weighted by atomic mass is 10.3. The van der Waals surface area contributed by atoms with Gasteiger partial charge in [0.15, 0.2) is 0 Å². The number of benzene rings is 1.